The molecule has 30 heavy (non-hydrogen) atoms. The van der Waals surface area contributed by atoms with Crippen LogP contribution >= 0.6 is 0 Å². The molecule has 1 aromatic rings. The van der Waals surface area contributed by atoms with Gasteiger partial charge < -0.3 is 15.0 Å². The van der Waals surface area contributed by atoms with Crippen LogP contribution in [0.5, 0.6) is 5.75 Å². The molecule has 2 rings (SSSR count). The number of benzene rings is 1. The highest BCUT2D eigenvalue weighted by Gasteiger charge is 2.21. The number of carbonyl (C=O) groups excluding carboxylic acids is 1. The molecule has 0 unspecified atom stereocenters. The van der Waals surface area contributed by atoms with E-state index < -0.39 is 10.0 Å². The summed E-state index contributed by atoms with van der Waals surface area (Å²) in [5.74, 6) is 0.569. The summed E-state index contributed by atoms with van der Waals surface area (Å²) < 4.78 is 31.3. The minimum absolute atomic E-state index is 0.0244. The molecule has 170 valence electrons. The molecule has 1 amide bonds. The van der Waals surface area contributed by atoms with Crippen molar-refractivity contribution in [3.05, 3.63) is 23.8 Å². The molecule has 1 N–H and O–H groups in total. The molecule has 1 saturated heterocycles. The van der Waals surface area contributed by atoms with Crippen LogP contribution in [0.3, 0.4) is 0 Å². The van der Waals surface area contributed by atoms with Crippen molar-refractivity contribution in [2.75, 3.05) is 40.8 Å². The first kappa shape index (κ1) is 24.6. The van der Waals surface area contributed by atoms with Crippen molar-refractivity contribution in [3.63, 3.8) is 0 Å². The number of likely N-dealkylation sites (tertiary alicyclic amines) is 1. The Hall–Kier alpha value is -1.64. The maximum absolute atomic E-state index is 12.4. The van der Waals surface area contributed by atoms with Gasteiger partial charge in [0.1, 0.15) is 5.75 Å². The summed E-state index contributed by atoms with van der Waals surface area (Å²) in [5, 5.41) is 2.99. The average Bonchev–Trinajstić information content (AvgIpc) is 2.75. The summed E-state index contributed by atoms with van der Waals surface area (Å²) in [6.45, 7) is 5.10. The van der Waals surface area contributed by atoms with E-state index in [1.165, 1.54) is 56.7 Å². The van der Waals surface area contributed by atoms with Crippen molar-refractivity contribution < 1.29 is 17.9 Å². The number of ether oxygens (including phenoxy) is 1. The summed E-state index contributed by atoms with van der Waals surface area (Å²) in [7, 11) is 1.02. The van der Waals surface area contributed by atoms with E-state index in [0.29, 0.717) is 31.2 Å². The molecule has 0 bridgehead atoms. The first-order valence-electron chi connectivity index (χ1n) is 10.9. The molecule has 1 aromatic carbocycles. The van der Waals surface area contributed by atoms with Crippen molar-refractivity contribution in [1.29, 1.82) is 0 Å². The van der Waals surface area contributed by atoms with Crippen LogP contribution in [-0.2, 0) is 21.2 Å². The molecular formula is C22H37N3O4S. The summed E-state index contributed by atoms with van der Waals surface area (Å²) in [6.07, 6.45) is 6.74. The van der Waals surface area contributed by atoms with Crippen molar-refractivity contribution in [2.45, 2.75) is 62.8 Å². The zero-order chi connectivity index (χ0) is 22.1. The summed E-state index contributed by atoms with van der Waals surface area (Å²) >= 11 is 0. The molecule has 1 aliphatic rings. The van der Waals surface area contributed by atoms with E-state index in [9.17, 15) is 13.2 Å². The standard InChI is InChI=1S/C22H37N3O4S/c1-5-19-9-6-7-15-25(19)16-8-14-23-22(26)13-10-18-17-20(11-12-21(18)29-4)30(27,28)24(2)3/h11-12,17,19H,5-10,13-16H2,1-4H3,(H,23,26)/t19-/m1/s1. The second-order valence-electron chi connectivity index (χ2n) is 8.06. The Morgan fingerprint density at radius 2 is 2.07 bits per heavy atom. The summed E-state index contributed by atoms with van der Waals surface area (Å²) in [5.41, 5.74) is 0.717. The number of aryl methyl sites for hydroxylation is 1. The van der Waals surface area contributed by atoms with Crippen molar-refractivity contribution >= 4 is 15.9 Å². The normalized spacial score (nSPS) is 17.8. The topological polar surface area (TPSA) is 79.0 Å². The molecule has 0 radical (unpaired) electrons. The number of methoxy groups -OCH3 is 1. The van der Waals surface area contributed by atoms with E-state index in [4.69, 9.17) is 4.74 Å². The fraction of sp³-hybridized carbons (Fsp3) is 0.682. The number of sulfonamides is 1. The van der Waals surface area contributed by atoms with E-state index >= 15 is 0 Å². The fourth-order valence-corrected chi connectivity index (χ4v) is 4.94. The predicted octanol–water partition coefficient (Wildman–Crippen LogP) is 2.65. The Labute approximate surface area is 181 Å². The van der Waals surface area contributed by atoms with Gasteiger partial charge in [-0.05, 0) is 62.4 Å². The van der Waals surface area contributed by atoms with Gasteiger partial charge in [0.05, 0.1) is 12.0 Å². The lowest BCUT2D eigenvalue weighted by Crippen LogP contribution is -2.40. The number of rotatable bonds is 11. The van der Waals surface area contributed by atoms with Gasteiger partial charge in [0.2, 0.25) is 15.9 Å². The zero-order valence-electron chi connectivity index (χ0n) is 18.8. The Balaban J connectivity index is 1.83. The van der Waals surface area contributed by atoms with Crippen LogP contribution < -0.4 is 10.1 Å². The minimum atomic E-state index is -3.53. The third kappa shape index (κ3) is 6.68. The van der Waals surface area contributed by atoms with E-state index in [0.717, 1.165) is 18.5 Å². The molecule has 1 fully saturated rings. The van der Waals surface area contributed by atoms with E-state index in [1.54, 1.807) is 19.2 Å². The summed E-state index contributed by atoms with van der Waals surface area (Å²) in [4.78, 5) is 15.0. The van der Waals surface area contributed by atoms with Crippen LogP contribution in [0.15, 0.2) is 23.1 Å². The molecule has 1 heterocycles. The lowest BCUT2D eigenvalue weighted by molar-refractivity contribution is -0.121. The maximum Gasteiger partial charge on any atom is 0.242 e. The minimum Gasteiger partial charge on any atom is -0.496 e. The number of nitrogens with one attached hydrogen (secondary N) is 1. The Morgan fingerprint density at radius 1 is 1.30 bits per heavy atom. The molecular weight excluding hydrogens is 402 g/mol. The van der Waals surface area contributed by atoms with E-state index in [-0.39, 0.29) is 10.8 Å². The number of piperidine rings is 1. The average molecular weight is 440 g/mol. The Bertz CT molecular complexity index is 796. The van der Waals surface area contributed by atoms with Crippen molar-refractivity contribution in [3.8, 4) is 5.75 Å². The summed E-state index contributed by atoms with van der Waals surface area (Å²) in [6, 6.07) is 5.46. The van der Waals surface area contributed by atoms with Gasteiger partial charge in [0, 0.05) is 39.6 Å². The van der Waals surface area contributed by atoms with Crippen LogP contribution in [0.25, 0.3) is 0 Å². The van der Waals surface area contributed by atoms with Crippen molar-refractivity contribution in [1.82, 2.24) is 14.5 Å². The predicted molar refractivity (Wildman–Crippen MR) is 119 cm³/mol. The monoisotopic (exact) mass is 439 g/mol. The van der Waals surface area contributed by atoms with Gasteiger partial charge >= 0.3 is 0 Å². The second kappa shape index (κ2) is 11.7. The van der Waals surface area contributed by atoms with Crippen molar-refractivity contribution in [2.24, 2.45) is 0 Å². The first-order chi connectivity index (χ1) is 14.3. The van der Waals surface area contributed by atoms with Gasteiger partial charge in [0.15, 0.2) is 0 Å². The van der Waals surface area contributed by atoms with Crippen LogP contribution in [0.4, 0.5) is 0 Å². The maximum atomic E-state index is 12.4. The number of hydrogen-bond acceptors (Lipinski definition) is 5. The Kier molecular flexibility index (Phi) is 9.58. The number of nitrogens with zero attached hydrogens (tertiary/aromatic N) is 2. The highest BCUT2D eigenvalue weighted by molar-refractivity contribution is 7.89. The molecule has 1 atom stereocenters. The molecule has 0 saturated carbocycles. The molecule has 0 aromatic heterocycles. The number of amides is 1. The molecule has 0 aliphatic carbocycles. The third-order valence-electron chi connectivity index (χ3n) is 5.82. The number of hydrogen-bond donors (Lipinski definition) is 1. The lowest BCUT2D eigenvalue weighted by atomic mass is 10.00. The lowest BCUT2D eigenvalue weighted by Gasteiger charge is -2.35. The first-order valence-corrected chi connectivity index (χ1v) is 12.3. The highest BCUT2D eigenvalue weighted by Crippen LogP contribution is 2.25. The molecule has 1 aliphatic heterocycles. The van der Waals surface area contributed by atoms with Gasteiger partial charge in [-0.1, -0.05) is 13.3 Å². The molecule has 0 spiro atoms. The molecule has 7 nitrogen and oxygen atoms in total. The van der Waals surface area contributed by atoms with Crippen LogP contribution in [-0.4, -0.2) is 70.4 Å². The van der Waals surface area contributed by atoms with E-state index in [1.807, 2.05) is 0 Å². The quantitative estimate of drug-likeness (QED) is 0.536. The van der Waals surface area contributed by atoms with Gasteiger partial charge in [-0.15, -0.1) is 0 Å². The van der Waals surface area contributed by atoms with Gasteiger partial charge in [0.25, 0.3) is 0 Å². The smallest absolute Gasteiger partial charge is 0.242 e. The van der Waals surface area contributed by atoms with Gasteiger partial charge in [-0.25, -0.2) is 12.7 Å². The van der Waals surface area contributed by atoms with Crippen LogP contribution in [0.1, 0.15) is 51.0 Å². The van der Waals surface area contributed by atoms with Gasteiger partial charge in [-0.2, -0.15) is 0 Å². The fourth-order valence-electron chi connectivity index (χ4n) is 3.98. The third-order valence-corrected chi connectivity index (χ3v) is 7.63. The Morgan fingerprint density at radius 3 is 2.73 bits per heavy atom. The SMILES string of the molecule is CC[C@@H]1CCCCN1CCCNC(=O)CCc1cc(S(=O)(=O)N(C)C)ccc1OC. The van der Waals surface area contributed by atoms with Crippen LogP contribution in [0.2, 0.25) is 0 Å². The zero-order valence-corrected chi connectivity index (χ0v) is 19.6. The highest BCUT2D eigenvalue weighted by atomic mass is 32.2. The molecule has 8 heteroatoms. The van der Waals surface area contributed by atoms with Crippen LogP contribution in [0, 0.1) is 0 Å². The largest absolute Gasteiger partial charge is 0.496 e. The number of carbonyl (C=O) groups is 1. The second-order valence-corrected chi connectivity index (χ2v) is 10.2. The van der Waals surface area contributed by atoms with Gasteiger partial charge in [-0.3, -0.25) is 4.79 Å². The van der Waals surface area contributed by atoms with E-state index in [2.05, 4.69) is 17.1 Å².